The molecule has 19 nitrogen and oxygen atoms in total. The molecule has 0 aromatic rings. The Bertz CT molecular complexity index is 1220. The molecule has 4 heterocycles. The smallest absolute Gasteiger partial charge is 0.325 e. The van der Waals surface area contributed by atoms with Crippen molar-refractivity contribution in [2.45, 2.75) is 112 Å². The molecule has 4 rings (SSSR count). The van der Waals surface area contributed by atoms with Crippen LogP contribution in [-0.2, 0) is 81.5 Å². The van der Waals surface area contributed by atoms with Crippen LogP contribution in [0.1, 0.15) is 20.8 Å². The monoisotopic (exact) mass is 812 g/mol. The Labute approximate surface area is 291 Å². The summed E-state index contributed by atoms with van der Waals surface area (Å²) in [5.74, 6) is 0. The highest BCUT2D eigenvalue weighted by Gasteiger charge is 2.49. The van der Waals surface area contributed by atoms with Crippen molar-refractivity contribution in [1.29, 1.82) is 0 Å². The molecule has 0 saturated carbocycles. The first-order chi connectivity index (χ1) is 22.2. The predicted octanol–water partition coefficient (Wildman–Crippen LogP) is -2.60. The maximum absolute atomic E-state index is 10.9. The lowest BCUT2D eigenvalue weighted by atomic mass is 10.1. The number of aliphatic hydroxyl groups excluding tert-OH is 6. The van der Waals surface area contributed by atoms with E-state index in [4.69, 9.17) is 81.5 Å². The van der Waals surface area contributed by atoms with Crippen molar-refractivity contribution in [2.75, 3.05) is 33.0 Å². The van der Waals surface area contributed by atoms with E-state index in [9.17, 15) is 45.3 Å². The Morgan fingerprint density at radius 3 is 1.23 bits per heavy atom. The summed E-state index contributed by atoms with van der Waals surface area (Å²) in [6.07, 6.45) is -16.8. The summed E-state index contributed by atoms with van der Waals surface area (Å²) in [6.45, 7) is -9.90. The van der Waals surface area contributed by atoms with Crippen LogP contribution in [0.3, 0.4) is 0 Å². The highest BCUT2D eigenvalue weighted by molar-refractivity contribution is 8.07. The van der Waals surface area contributed by atoms with E-state index in [0.717, 1.165) is 0 Å². The Hall–Kier alpha value is 1.19. The first-order valence-electron chi connectivity index (χ1n) is 14.8. The zero-order valence-electron chi connectivity index (χ0n) is 25.9. The van der Waals surface area contributed by atoms with Gasteiger partial charge in [0.2, 0.25) is 0 Å². The standard InChI is InChI=1S/C23H43O19P3S3/c1-9-17(26)21(13(4-24)37-9)40-44(31,47)35-7-15-23(19(28)11(3)38-15)42-45(32,48)36-8-16-22(18(27)10(2)39-16)41-43(30,46)34-6-14-20(29)12(25)5-33-14/h9-29H,4-8H2,1-3H3,(H,30,46)(H,31,47)(H,32,48)/t9-,10-,11-,12?,13+,14+,15+,16+,17?,18?,19?,20+,21-,22-,23-,43?,44?,45?/m0/s1. The van der Waals surface area contributed by atoms with Crippen LogP contribution in [0.4, 0.5) is 0 Å². The van der Waals surface area contributed by atoms with Gasteiger partial charge in [0.05, 0.1) is 51.3 Å². The minimum absolute atomic E-state index is 0.138. The molecule has 0 aromatic heterocycles. The molecule has 4 fully saturated rings. The lowest BCUT2D eigenvalue weighted by Crippen LogP contribution is -2.38. The van der Waals surface area contributed by atoms with E-state index in [2.05, 4.69) is 0 Å². The molecule has 0 radical (unpaired) electrons. The van der Waals surface area contributed by atoms with Crippen LogP contribution in [0.5, 0.6) is 0 Å². The van der Waals surface area contributed by atoms with Crippen LogP contribution in [0.15, 0.2) is 0 Å². The SMILES string of the molecule is C[C@@H]1O[C@H](CO)[C@H](OP(O)(=S)OC[C@H]2O[C@@H](C)C(O)[C@H]2OP(O)(=S)OC[C@H]2O[C@@H](C)C(O)[C@H]2OP(O)(=S)OC[C@H]2OCC(O)[C@H]2O)C1O. The number of ether oxygens (including phenoxy) is 4. The molecule has 282 valence electrons. The van der Waals surface area contributed by atoms with Gasteiger partial charge in [-0.1, -0.05) is 0 Å². The lowest BCUT2D eigenvalue weighted by Gasteiger charge is -2.29. The number of hydrogen-bond acceptors (Lipinski definition) is 19. The largest absolute Gasteiger partial charge is 0.394 e. The Morgan fingerprint density at radius 1 is 0.562 bits per heavy atom. The highest BCUT2D eigenvalue weighted by Crippen LogP contribution is 2.52. The van der Waals surface area contributed by atoms with E-state index in [-0.39, 0.29) is 6.61 Å². The van der Waals surface area contributed by atoms with Crippen molar-refractivity contribution in [3.8, 4) is 0 Å². The quantitative estimate of drug-likeness (QED) is 0.0723. The third-order valence-corrected chi connectivity index (χ3v) is 12.8. The van der Waals surface area contributed by atoms with Gasteiger partial charge in [-0.25, -0.2) is 0 Å². The molecule has 18 atom stereocenters. The van der Waals surface area contributed by atoms with Crippen molar-refractivity contribution in [2.24, 2.45) is 0 Å². The second kappa shape index (κ2) is 17.1. The Balaban J connectivity index is 1.32. The molecule has 0 spiro atoms. The van der Waals surface area contributed by atoms with Crippen LogP contribution >= 0.6 is 20.2 Å². The fourth-order valence-electron chi connectivity index (χ4n) is 5.44. The van der Waals surface area contributed by atoms with Gasteiger partial charge < -0.3 is 77.8 Å². The van der Waals surface area contributed by atoms with Gasteiger partial charge in [0.15, 0.2) is 0 Å². The van der Waals surface area contributed by atoms with Gasteiger partial charge in [0.1, 0.15) is 73.2 Å². The van der Waals surface area contributed by atoms with Crippen molar-refractivity contribution >= 4 is 55.6 Å². The van der Waals surface area contributed by atoms with Gasteiger partial charge in [-0.05, 0) is 56.2 Å². The summed E-state index contributed by atoms with van der Waals surface area (Å²) >= 11 is 15.3. The lowest BCUT2D eigenvalue weighted by molar-refractivity contribution is -0.0346. The molecule has 4 aliphatic rings. The highest BCUT2D eigenvalue weighted by atomic mass is 32.5. The topological polar surface area (TPSA) is 274 Å². The Kier molecular flexibility index (Phi) is 15.0. The molecular weight excluding hydrogens is 769 g/mol. The normalized spacial score (nSPS) is 45.6. The van der Waals surface area contributed by atoms with E-state index in [1.54, 1.807) is 6.92 Å². The first-order valence-corrected chi connectivity index (χ1v) is 22.6. The van der Waals surface area contributed by atoms with E-state index < -0.39 is 138 Å². The van der Waals surface area contributed by atoms with Gasteiger partial charge in [-0.15, -0.1) is 0 Å². The molecule has 25 heteroatoms. The average molecular weight is 813 g/mol. The molecule has 0 aliphatic carbocycles. The zero-order chi connectivity index (χ0) is 35.8. The molecule has 0 amide bonds. The third kappa shape index (κ3) is 10.7. The van der Waals surface area contributed by atoms with Crippen molar-refractivity contribution in [3.63, 3.8) is 0 Å². The molecule has 0 bridgehead atoms. The van der Waals surface area contributed by atoms with E-state index in [0.29, 0.717) is 0 Å². The van der Waals surface area contributed by atoms with Gasteiger partial charge in [0.25, 0.3) is 0 Å². The second-order valence-corrected chi connectivity index (χ2v) is 20.1. The van der Waals surface area contributed by atoms with Crippen molar-refractivity contribution in [1.82, 2.24) is 0 Å². The third-order valence-electron chi connectivity index (χ3n) is 8.13. The van der Waals surface area contributed by atoms with Crippen LogP contribution in [-0.4, -0.2) is 170 Å². The molecule has 4 aliphatic heterocycles. The maximum atomic E-state index is 10.9. The second-order valence-electron chi connectivity index (χ2n) is 11.7. The molecule has 9 N–H and O–H groups in total. The van der Waals surface area contributed by atoms with E-state index in [1.165, 1.54) is 13.8 Å². The minimum atomic E-state index is -4.21. The van der Waals surface area contributed by atoms with Gasteiger partial charge in [0, 0.05) is 0 Å². The van der Waals surface area contributed by atoms with Crippen molar-refractivity contribution in [3.05, 3.63) is 0 Å². The van der Waals surface area contributed by atoms with E-state index >= 15 is 0 Å². The molecule has 48 heavy (non-hydrogen) atoms. The van der Waals surface area contributed by atoms with Crippen LogP contribution in [0.2, 0.25) is 0 Å². The summed E-state index contributed by atoms with van der Waals surface area (Å²) < 4.78 is 54.5. The summed E-state index contributed by atoms with van der Waals surface area (Å²) in [6, 6.07) is 0. The molecular formula is C23H43O19P3S3. The molecule has 0 aromatic carbocycles. The maximum Gasteiger partial charge on any atom is 0.325 e. The minimum Gasteiger partial charge on any atom is -0.394 e. The number of hydrogen-bond donors (Lipinski definition) is 9. The van der Waals surface area contributed by atoms with Crippen LogP contribution in [0.25, 0.3) is 0 Å². The molecule has 7 unspecified atom stereocenters. The summed E-state index contributed by atoms with van der Waals surface area (Å²) in [5.41, 5.74) is 0. The van der Waals surface area contributed by atoms with Crippen molar-refractivity contribution < 1.29 is 91.4 Å². The fourth-order valence-corrected chi connectivity index (χ4v) is 9.77. The number of aliphatic hydroxyl groups is 6. The van der Waals surface area contributed by atoms with Crippen LogP contribution < -0.4 is 0 Å². The van der Waals surface area contributed by atoms with E-state index in [1.807, 2.05) is 0 Å². The average Bonchev–Trinajstić information content (AvgIpc) is 3.65. The summed E-state index contributed by atoms with van der Waals surface area (Å²) in [5, 5.41) is 60.7. The van der Waals surface area contributed by atoms with Gasteiger partial charge in [-0.2, -0.15) is 0 Å². The summed E-state index contributed by atoms with van der Waals surface area (Å²) in [7, 11) is 0. The first kappa shape index (κ1) is 41.9. The van der Waals surface area contributed by atoms with Gasteiger partial charge >= 0.3 is 20.2 Å². The summed E-state index contributed by atoms with van der Waals surface area (Å²) in [4.78, 5) is 32.2. The molecule has 4 saturated heterocycles. The zero-order valence-corrected chi connectivity index (χ0v) is 31.0. The van der Waals surface area contributed by atoms with Crippen LogP contribution in [0, 0.1) is 0 Å². The fraction of sp³-hybridized carbons (Fsp3) is 1.00. The number of rotatable bonds is 16. The van der Waals surface area contributed by atoms with Gasteiger partial charge in [-0.3, -0.25) is 13.6 Å². The predicted molar refractivity (Wildman–Crippen MR) is 172 cm³/mol. The Morgan fingerprint density at radius 2 is 0.896 bits per heavy atom.